The average molecular weight is 511 g/mol. The largest absolute Gasteiger partial charge is 0.374 e. The number of nitrogens with one attached hydrogen (secondary N) is 2. The van der Waals surface area contributed by atoms with E-state index in [9.17, 15) is 18.8 Å². The van der Waals surface area contributed by atoms with Crippen LogP contribution in [-0.4, -0.2) is 84.2 Å². The van der Waals surface area contributed by atoms with E-state index in [0.29, 0.717) is 23.8 Å². The molecule has 11 nitrogen and oxygen atoms in total. The normalized spacial score (nSPS) is 21.6. The number of halogens is 1. The van der Waals surface area contributed by atoms with Gasteiger partial charge in [-0.2, -0.15) is 0 Å². The number of rotatable bonds is 6. The topological polar surface area (TPSA) is 137 Å². The number of carbonyl (C=O) groups excluding carboxylic acids is 3. The van der Waals surface area contributed by atoms with Crippen molar-refractivity contribution in [2.75, 3.05) is 54.4 Å². The lowest BCUT2D eigenvalue weighted by Crippen LogP contribution is -2.53. The molecule has 0 spiro atoms. The molecular weight excluding hydrogens is 479 g/mol. The molecule has 0 bridgehead atoms. The van der Waals surface area contributed by atoms with Crippen LogP contribution in [0.3, 0.4) is 0 Å². The summed E-state index contributed by atoms with van der Waals surface area (Å²) in [5.41, 5.74) is 6.48. The van der Waals surface area contributed by atoms with Crippen LogP contribution in [-0.2, 0) is 9.59 Å². The Morgan fingerprint density at radius 1 is 0.973 bits per heavy atom. The molecule has 0 radical (unpaired) electrons. The Labute approximate surface area is 214 Å². The molecule has 3 amide bonds. The first-order valence-electron chi connectivity index (χ1n) is 12.6. The summed E-state index contributed by atoms with van der Waals surface area (Å²) in [6.45, 7) is 4.88. The molecule has 3 aliphatic heterocycles. The second-order valence-corrected chi connectivity index (χ2v) is 9.70. The van der Waals surface area contributed by atoms with Gasteiger partial charge in [-0.05, 0) is 49.6 Å². The summed E-state index contributed by atoms with van der Waals surface area (Å²) in [5, 5.41) is 13.4. The third kappa shape index (κ3) is 5.63. The van der Waals surface area contributed by atoms with Crippen molar-refractivity contribution in [2.24, 2.45) is 5.73 Å². The first-order valence-corrected chi connectivity index (χ1v) is 12.6. The molecule has 1 aromatic carbocycles. The lowest BCUT2D eigenvalue weighted by molar-refractivity contribution is -0.133. The van der Waals surface area contributed by atoms with Crippen molar-refractivity contribution >= 4 is 34.9 Å². The molecule has 12 heteroatoms. The number of piperidine rings is 2. The fraction of sp³-hybridized carbons (Fsp3) is 0.480. The van der Waals surface area contributed by atoms with Crippen LogP contribution in [0.1, 0.15) is 36.2 Å². The highest BCUT2D eigenvalue weighted by atomic mass is 19.1. The van der Waals surface area contributed by atoms with Gasteiger partial charge in [0, 0.05) is 57.4 Å². The fourth-order valence-electron chi connectivity index (χ4n) is 5.30. The first-order chi connectivity index (χ1) is 17.9. The first kappa shape index (κ1) is 24.9. The number of amides is 3. The molecule has 3 aliphatic rings. The predicted octanol–water partition coefficient (Wildman–Crippen LogP) is 0.723. The maximum absolute atomic E-state index is 15.0. The number of anilines is 3. The molecule has 3 saturated heterocycles. The maximum Gasteiger partial charge on any atom is 0.269 e. The Kier molecular flexibility index (Phi) is 7.17. The number of imide groups is 1. The van der Waals surface area contributed by atoms with Gasteiger partial charge in [0.15, 0.2) is 11.5 Å². The van der Waals surface area contributed by atoms with E-state index in [1.165, 1.54) is 6.07 Å². The molecule has 5 rings (SSSR count). The maximum atomic E-state index is 15.0. The number of hydrogen-bond acceptors (Lipinski definition) is 9. The van der Waals surface area contributed by atoms with Crippen LogP contribution < -0.4 is 26.2 Å². The van der Waals surface area contributed by atoms with Crippen molar-refractivity contribution in [2.45, 2.75) is 37.8 Å². The highest BCUT2D eigenvalue weighted by Crippen LogP contribution is 2.27. The van der Waals surface area contributed by atoms with Gasteiger partial charge < -0.3 is 20.9 Å². The van der Waals surface area contributed by atoms with E-state index in [-0.39, 0.29) is 29.7 Å². The van der Waals surface area contributed by atoms with Crippen LogP contribution in [0.2, 0.25) is 0 Å². The van der Waals surface area contributed by atoms with Crippen molar-refractivity contribution in [1.29, 1.82) is 0 Å². The van der Waals surface area contributed by atoms with Gasteiger partial charge in [-0.25, -0.2) is 4.39 Å². The van der Waals surface area contributed by atoms with Gasteiger partial charge in [-0.1, -0.05) is 0 Å². The lowest BCUT2D eigenvalue weighted by atomic mass is 10.0. The van der Waals surface area contributed by atoms with Crippen molar-refractivity contribution in [3.63, 3.8) is 0 Å². The van der Waals surface area contributed by atoms with Crippen LogP contribution in [0.5, 0.6) is 0 Å². The summed E-state index contributed by atoms with van der Waals surface area (Å²) in [4.78, 5) is 41.2. The monoisotopic (exact) mass is 510 g/mol. The van der Waals surface area contributed by atoms with Crippen LogP contribution in [0.25, 0.3) is 0 Å². The molecule has 37 heavy (non-hydrogen) atoms. The minimum Gasteiger partial charge on any atom is -0.374 e. The number of aromatic nitrogens is 2. The van der Waals surface area contributed by atoms with Gasteiger partial charge in [0.2, 0.25) is 11.8 Å². The van der Waals surface area contributed by atoms with E-state index in [1.54, 1.807) is 24.3 Å². The van der Waals surface area contributed by atoms with Gasteiger partial charge in [0.1, 0.15) is 11.9 Å². The van der Waals surface area contributed by atoms with Crippen LogP contribution in [0.4, 0.5) is 21.6 Å². The second-order valence-electron chi connectivity index (χ2n) is 9.70. The Balaban J connectivity index is 1.11. The minimum atomic E-state index is -0.586. The van der Waals surface area contributed by atoms with Crippen molar-refractivity contribution in [3.05, 3.63) is 41.8 Å². The smallest absolute Gasteiger partial charge is 0.269 e. The van der Waals surface area contributed by atoms with E-state index in [0.717, 1.165) is 57.9 Å². The fourth-order valence-corrected chi connectivity index (χ4v) is 5.30. The summed E-state index contributed by atoms with van der Waals surface area (Å²) in [7, 11) is 0. The van der Waals surface area contributed by atoms with Gasteiger partial charge in [-0.3, -0.25) is 24.6 Å². The summed E-state index contributed by atoms with van der Waals surface area (Å²) in [6.07, 6.45) is 2.65. The zero-order chi connectivity index (χ0) is 25.9. The van der Waals surface area contributed by atoms with Gasteiger partial charge in [0.05, 0.1) is 5.69 Å². The summed E-state index contributed by atoms with van der Waals surface area (Å²) in [5.74, 6) is -0.824. The molecule has 0 aliphatic carbocycles. The Bertz CT molecular complexity index is 1160. The van der Waals surface area contributed by atoms with Gasteiger partial charge in [-0.15, -0.1) is 10.2 Å². The molecule has 0 saturated carbocycles. The molecule has 4 N–H and O–H groups in total. The van der Waals surface area contributed by atoms with Crippen molar-refractivity contribution in [1.82, 2.24) is 20.4 Å². The number of nitrogens with zero attached hydrogens (tertiary/aromatic N) is 5. The standard InChI is InChI=1S/C25H31FN8O3/c26-18-15-16(28-20-3-6-23(35)29-25(20)37)1-4-21(18)33-13-11-32(12-14-33)17-7-9-34(10-8-17)22-5-2-19(24(27)36)30-31-22/h1-2,4-5,15,17,20,28H,3,6-14H2,(H2,27,36)(H,29,35,37). The highest BCUT2D eigenvalue weighted by molar-refractivity contribution is 6.01. The third-order valence-electron chi connectivity index (χ3n) is 7.39. The quantitative estimate of drug-likeness (QED) is 0.480. The zero-order valence-electron chi connectivity index (χ0n) is 20.5. The lowest BCUT2D eigenvalue weighted by Gasteiger charge is -2.43. The van der Waals surface area contributed by atoms with E-state index in [2.05, 4.69) is 35.5 Å². The molecular formula is C25H31FN8O3. The molecule has 1 unspecified atom stereocenters. The molecule has 2 aromatic rings. The molecule has 1 aromatic heterocycles. The van der Waals surface area contributed by atoms with E-state index < -0.39 is 11.9 Å². The zero-order valence-corrected chi connectivity index (χ0v) is 20.5. The number of nitrogens with two attached hydrogens (primary N) is 1. The molecule has 1 atom stereocenters. The van der Waals surface area contributed by atoms with Crippen LogP contribution in [0, 0.1) is 5.82 Å². The number of hydrogen-bond donors (Lipinski definition) is 3. The van der Waals surface area contributed by atoms with Gasteiger partial charge in [0.25, 0.3) is 5.91 Å². The number of carbonyl (C=O) groups is 3. The molecule has 4 heterocycles. The van der Waals surface area contributed by atoms with Crippen LogP contribution >= 0.6 is 0 Å². The van der Waals surface area contributed by atoms with E-state index in [4.69, 9.17) is 5.73 Å². The predicted molar refractivity (Wildman–Crippen MR) is 136 cm³/mol. The minimum absolute atomic E-state index is 0.160. The van der Waals surface area contributed by atoms with E-state index in [1.807, 2.05) is 0 Å². The van der Waals surface area contributed by atoms with Gasteiger partial charge >= 0.3 is 0 Å². The number of piperazine rings is 1. The Morgan fingerprint density at radius 3 is 2.35 bits per heavy atom. The third-order valence-corrected chi connectivity index (χ3v) is 7.39. The highest BCUT2D eigenvalue weighted by Gasteiger charge is 2.30. The van der Waals surface area contributed by atoms with Crippen molar-refractivity contribution < 1.29 is 18.8 Å². The summed E-state index contributed by atoms with van der Waals surface area (Å²) < 4.78 is 15.0. The Morgan fingerprint density at radius 2 is 1.73 bits per heavy atom. The number of benzene rings is 1. The summed E-state index contributed by atoms with van der Waals surface area (Å²) in [6, 6.07) is 8.25. The average Bonchev–Trinajstić information content (AvgIpc) is 2.91. The van der Waals surface area contributed by atoms with E-state index >= 15 is 0 Å². The summed E-state index contributed by atoms with van der Waals surface area (Å²) >= 11 is 0. The SMILES string of the molecule is NC(=O)c1ccc(N2CCC(N3CCN(c4ccc(NC5CCC(=O)NC5=O)cc4F)CC3)CC2)nn1. The Hall–Kier alpha value is -3.80. The number of primary amides is 1. The second kappa shape index (κ2) is 10.7. The molecule has 3 fully saturated rings. The van der Waals surface area contributed by atoms with Crippen molar-refractivity contribution in [3.8, 4) is 0 Å². The van der Waals surface area contributed by atoms with Crippen LogP contribution in [0.15, 0.2) is 30.3 Å². The molecule has 196 valence electrons.